The summed E-state index contributed by atoms with van der Waals surface area (Å²) in [5.74, 6) is 0.405. The van der Waals surface area contributed by atoms with Crippen molar-refractivity contribution >= 4 is 39.7 Å². The Balaban J connectivity index is 1.71. The van der Waals surface area contributed by atoms with Crippen LogP contribution in [0.3, 0.4) is 0 Å². The summed E-state index contributed by atoms with van der Waals surface area (Å²) in [7, 11) is 1.61. The van der Waals surface area contributed by atoms with Crippen LogP contribution in [0.1, 0.15) is 18.1 Å². The molecule has 4 nitrogen and oxygen atoms in total. The summed E-state index contributed by atoms with van der Waals surface area (Å²) in [6, 6.07) is 19.3. The molecule has 31 heavy (non-hydrogen) atoms. The van der Waals surface area contributed by atoms with Gasteiger partial charge in [0, 0.05) is 39.4 Å². The second-order valence-electron chi connectivity index (χ2n) is 7.29. The highest BCUT2D eigenvalue weighted by molar-refractivity contribution is 6.31. The van der Waals surface area contributed by atoms with Crippen LogP contribution in [-0.4, -0.2) is 13.0 Å². The number of hydrogen-bond acceptors (Lipinski definition) is 3. The predicted molar refractivity (Wildman–Crippen MR) is 127 cm³/mol. The Labute approximate surface area is 186 Å². The molecule has 0 unspecified atom stereocenters. The maximum absolute atomic E-state index is 12.7. The van der Waals surface area contributed by atoms with Gasteiger partial charge in [0.25, 0.3) is 0 Å². The van der Waals surface area contributed by atoms with Gasteiger partial charge in [-0.2, -0.15) is 0 Å². The lowest BCUT2D eigenvalue weighted by atomic mass is 9.99. The van der Waals surface area contributed by atoms with E-state index in [2.05, 4.69) is 5.32 Å². The maximum Gasteiger partial charge on any atom is 0.248 e. The van der Waals surface area contributed by atoms with Gasteiger partial charge < -0.3 is 14.5 Å². The molecule has 0 atom stereocenters. The maximum atomic E-state index is 12.7. The molecule has 3 aromatic carbocycles. The Hall–Kier alpha value is -3.50. The van der Waals surface area contributed by atoms with Crippen molar-refractivity contribution in [1.29, 1.82) is 0 Å². The number of anilines is 1. The molecule has 0 aliphatic heterocycles. The van der Waals surface area contributed by atoms with Gasteiger partial charge in [0.1, 0.15) is 11.3 Å². The number of benzene rings is 3. The van der Waals surface area contributed by atoms with Gasteiger partial charge in [-0.3, -0.25) is 4.79 Å². The molecule has 0 aliphatic rings. The van der Waals surface area contributed by atoms with Crippen LogP contribution >= 0.6 is 11.6 Å². The molecule has 0 radical (unpaired) electrons. The average Bonchev–Trinajstić information content (AvgIpc) is 3.19. The number of furan rings is 1. The number of halogens is 1. The van der Waals surface area contributed by atoms with E-state index in [-0.39, 0.29) is 5.91 Å². The van der Waals surface area contributed by atoms with Crippen LogP contribution < -0.4 is 10.1 Å². The fourth-order valence-electron chi connectivity index (χ4n) is 3.56. The molecule has 0 aliphatic carbocycles. The number of carbonyl (C=O) groups excluding carboxylic acids is 1. The minimum atomic E-state index is -0.236. The zero-order valence-electron chi connectivity index (χ0n) is 17.5. The highest BCUT2D eigenvalue weighted by atomic mass is 35.5. The fraction of sp³-hybridized carbons (Fsp3) is 0.115. The van der Waals surface area contributed by atoms with Crippen molar-refractivity contribution in [2.75, 3.05) is 12.4 Å². The van der Waals surface area contributed by atoms with Gasteiger partial charge in [-0.15, -0.1) is 0 Å². The molecule has 4 aromatic rings. The van der Waals surface area contributed by atoms with Gasteiger partial charge in [0.05, 0.1) is 13.4 Å². The summed E-state index contributed by atoms with van der Waals surface area (Å²) in [6.07, 6.45) is 3.31. The Kier molecular flexibility index (Phi) is 5.83. The molecular weight excluding hydrogens is 410 g/mol. The van der Waals surface area contributed by atoms with Crippen LogP contribution in [0.5, 0.6) is 5.75 Å². The van der Waals surface area contributed by atoms with Crippen LogP contribution in [0.2, 0.25) is 5.02 Å². The SMILES string of the molecule is COc1cc2occ(-c3ccccc3)c2cc1/C(C)=C/C(=O)Nc1cccc(Cl)c1C. The van der Waals surface area contributed by atoms with E-state index < -0.39 is 0 Å². The molecule has 4 rings (SSSR count). The molecule has 5 heteroatoms. The van der Waals surface area contributed by atoms with Crippen molar-refractivity contribution in [3.8, 4) is 16.9 Å². The quantitative estimate of drug-likeness (QED) is 0.342. The zero-order valence-corrected chi connectivity index (χ0v) is 18.3. The highest BCUT2D eigenvalue weighted by Crippen LogP contribution is 2.37. The molecule has 156 valence electrons. The zero-order chi connectivity index (χ0) is 22.0. The van der Waals surface area contributed by atoms with E-state index in [1.165, 1.54) is 0 Å². The first-order valence-electron chi connectivity index (χ1n) is 9.87. The standard InChI is InChI=1S/C26H22ClNO3/c1-16(12-26(29)28-23-11-7-10-22(27)17(23)2)19-13-20-21(18-8-5-4-6-9-18)15-31-25(20)14-24(19)30-3/h4-15H,1-3H3,(H,28,29)/b16-12+. The summed E-state index contributed by atoms with van der Waals surface area (Å²) in [4.78, 5) is 12.7. The Morgan fingerprint density at radius 1 is 1.10 bits per heavy atom. The number of methoxy groups -OCH3 is 1. The number of fused-ring (bicyclic) bond motifs is 1. The highest BCUT2D eigenvalue weighted by Gasteiger charge is 2.15. The number of rotatable bonds is 5. The summed E-state index contributed by atoms with van der Waals surface area (Å²) in [5, 5.41) is 4.47. The van der Waals surface area contributed by atoms with Crippen LogP contribution in [0.15, 0.2) is 77.4 Å². The van der Waals surface area contributed by atoms with Crippen molar-refractivity contribution in [2.24, 2.45) is 0 Å². The number of carbonyl (C=O) groups is 1. The van der Waals surface area contributed by atoms with Crippen molar-refractivity contribution in [3.05, 3.63) is 89.2 Å². The van der Waals surface area contributed by atoms with E-state index in [4.69, 9.17) is 20.8 Å². The van der Waals surface area contributed by atoms with E-state index in [9.17, 15) is 4.79 Å². The third-order valence-corrected chi connectivity index (χ3v) is 5.69. The molecule has 1 heterocycles. The number of allylic oxidation sites excluding steroid dienone is 1. The second kappa shape index (κ2) is 8.70. The molecule has 0 spiro atoms. The van der Waals surface area contributed by atoms with Gasteiger partial charge in [-0.1, -0.05) is 48.0 Å². The number of nitrogens with one attached hydrogen (secondary N) is 1. The lowest BCUT2D eigenvalue weighted by Crippen LogP contribution is -2.10. The largest absolute Gasteiger partial charge is 0.496 e. The third kappa shape index (κ3) is 4.21. The number of ether oxygens (including phenoxy) is 1. The predicted octanol–water partition coefficient (Wildman–Crippen LogP) is 7.11. The van der Waals surface area contributed by atoms with E-state index in [1.54, 1.807) is 25.5 Å². The molecule has 0 bridgehead atoms. The van der Waals surface area contributed by atoms with Gasteiger partial charge in [0.15, 0.2) is 0 Å². The van der Waals surface area contributed by atoms with Crippen LogP contribution in [0.4, 0.5) is 5.69 Å². The van der Waals surface area contributed by atoms with Crippen LogP contribution in [0, 0.1) is 6.92 Å². The van der Waals surface area contributed by atoms with E-state index >= 15 is 0 Å². The van der Waals surface area contributed by atoms with Gasteiger partial charge in [-0.05, 0) is 48.7 Å². The summed E-state index contributed by atoms with van der Waals surface area (Å²) in [6.45, 7) is 3.76. The normalized spacial score (nSPS) is 11.5. The minimum absolute atomic E-state index is 0.236. The third-order valence-electron chi connectivity index (χ3n) is 5.28. The van der Waals surface area contributed by atoms with Crippen molar-refractivity contribution in [1.82, 2.24) is 0 Å². The van der Waals surface area contributed by atoms with E-state index in [0.717, 1.165) is 38.8 Å². The molecule has 1 amide bonds. The minimum Gasteiger partial charge on any atom is -0.496 e. The van der Waals surface area contributed by atoms with Crippen molar-refractivity contribution in [3.63, 3.8) is 0 Å². The molecule has 1 N–H and O–H groups in total. The van der Waals surface area contributed by atoms with Crippen LogP contribution in [-0.2, 0) is 4.79 Å². The van der Waals surface area contributed by atoms with Crippen LogP contribution in [0.25, 0.3) is 27.7 Å². The van der Waals surface area contributed by atoms with Crippen molar-refractivity contribution in [2.45, 2.75) is 13.8 Å². The molecule has 1 aromatic heterocycles. The Bertz CT molecular complexity index is 1290. The number of amides is 1. The van der Waals surface area contributed by atoms with E-state index in [1.807, 2.05) is 68.4 Å². The summed E-state index contributed by atoms with van der Waals surface area (Å²) < 4.78 is 11.3. The van der Waals surface area contributed by atoms with Gasteiger partial charge in [0.2, 0.25) is 5.91 Å². The summed E-state index contributed by atoms with van der Waals surface area (Å²) >= 11 is 6.16. The van der Waals surface area contributed by atoms with Crippen molar-refractivity contribution < 1.29 is 13.9 Å². The first-order valence-corrected chi connectivity index (χ1v) is 10.2. The lowest BCUT2D eigenvalue weighted by molar-refractivity contribution is -0.111. The fourth-order valence-corrected chi connectivity index (χ4v) is 3.73. The smallest absolute Gasteiger partial charge is 0.248 e. The molecular formula is C26H22ClNO3. The average molecular weight is 432 g/mol. The molecule has 0 saturated carbocycles. The van der Waals surface area contributed by atoms with E-state index in [0.29, 0.717) is 16.5 Å². The van der Waals surface area contributed by atoms with Gasteiger partial charge >= 0.3 is 0 Å². The first-order chi connectivity index (χ1) is 15.0. The monoisotopic (exact) mass is 431 g/mol. The Morgan fingerprint density at radius 2 is 1.87 bits per heavy atom. The van der Waals surface area contributed by atoms with Gasteiger partial charge in [-0.25, -0.2) is 0 Å². The molecule has 0 fully saturated rings. The summed E-state index contributed by atoms with van der Waals surface area (Å²) in [5.41, 5.74) is 5.90. The lowest BCUT2D eigenvalue weighted by Gasteiger charge is -2.11. The second-order valence-corrected chi connectivity index (χ2v) is 7.70. The molecule has 0 saturated heterocycles. The topological polar surface area (TPSA) is 51.5 Å². The first kappa shape index (κ1) is 20.8. The Morgan fingerprint density at radius 3 is 2.61 bits per heavy atom. The number of hydrogen-bond donors (Lipinski definition) is 1.